The van der Waals surface area contributed by atoms with Crippen LogP contribution in [-0.2, 0) is 9.84 Å². The lowest BCUT2D eigenvalue weighted by Gasteiger charge is -2.26. The van der Waals surface area contributed by atoms with E-state index >= 15 is 0 Å². The summed E-state index contributed by atoms with van der Waals surface area (Å²) in [5.74, 6) is 1.90. The molecule has 0 radical (unpaired) electrons. The van der Waals surface area contributed by atoms with Crippen molar-refractivity contribution in [1.82, 2.24) is 9.97 Å². The second-order valence-electron chi connectivity index (χ2n) is 5.72. The van der Waals surface area contributed by atoms with Crippen LogP contribution in [0.2, 0.25) is 0 Å². The molecular weight excluding hydrogens is 300 g/mol. The molecule has 6 nitrogen and oxygen atoms in total. The Morgan fingerprint density at radius 3 is 2.82 bits per heavy atom. The summed E-state index contributed by atoms with van der Waals surface area (Å²) in [4.78, 5) is 10.9. The van der Waals surface area contributed by atoms with Crippen molar-refractivity contribution in [3.63, 3.8) is 0 Å². The minimum Gasteiger partial charge on any atom is -0.370 e. The smallest absolute Gasteiger partial charge is 0.227 e. The van der Waals surface area contributed by atoms with E-state index in [-0.39, 0.29) is 17.5 Å². The third kappa shape index (κ3) is 4.56. The maximum atomic E-state index is 11.7. The highest BCUT2D eigenvalue weighted by atomic mass is 32.2. The molecule has 2 heterocycles. The number of rotatable bonds is 8. The van der Waals surface area contributed by atoms with Gasteiger partial charge in [-0.2, -0.15) is 4.98 Å². The molecule has 124 valence electrons. The molecule has 0 amide bonds. The molecule has 0 bridgehead atoms. The molecular formula is C15H26N4O2S. The van der Waals surface area contributed by atoms with E-state index in [4.69, 9.17) is 0 Å². The largest absolute Gasteiger partial charge is 0.370 e. The third-order valence-corrected chi connectivity index (χ3v) is 5.73. The van der Waals surface area contributed by atoms with Gasteiger partial charge in [-0.25, -0.2) is 13.4 Å². The van der Waals surface area contributed by atoms with E-state index in [2.05, 4.69) is 22.2 Å². The summed E-state index contributed by atoms with van der Waals surface area (Å²) < 4.78 is 23.4. The van der Waals surface area contributed by atoms with Crippen molar-refractivity contribution >= 4 is 21.6 Å². The lowest BCUT2D eigenvalue weighted by atomic mass is 10.2. The quantitative estimate of drug-likeness (QED) is 0.737. The number of nitrogens with one attached hydrogen (secondary N) is 1. The summed E-state index contributed by atoms with van der Waals surface area (Å²) in [6.07, 6.45) is 5.90. The van der Waals surface area contributed by atoms with Crippen molar-refractivity contribution in [2.24, 2.45) is 0 Å². The van der Waals surface area contributed by atoms with Gasteiger partial charge in [-0.15, -0.1) is 0 Å². The van der Waals surface area contributed by atoms with Crippen LogP contribution in [0.4, 0.5) is 11.8 Å². The Kier molecular flexibility index (Phi) is 5.99. The van der Waals surface area contributed by atoms with Crippen LogP contribution in [0.25, 0.3) is 0 Å². The molecule has 7 heteroatoms. The molecule has 1 aromatic rings. The Hall–Kier alpha value is -1.37. The van der Waals surface area contributed by atoms with E-state index in [1.165, 1.54) is 12.8 Å². The highest BCUT2D eigenvalue weighted by molar-refractivity contribution is 7.91. The summed E-state index contributed by atoms with van der Waals surface area (Å²) in [6.45, 7) is 5.79. The molecule has 1 aliphatic rings. The average molecular weight is 326 g/mol. The second kappa shape index (κ2) is 7.76. The number of hydrogen-bond donors (Lipinski definition) is 1. The monoisotopic (exact) mass is 326 g/mol. The zero-order chi connectivity index (χ0) is 16.0. The Balaban J connectivity index is 2.03. The van der Waals surface area contributed by atoms with Crippen molar-refractivity contribution < 1.29 is 8.42 Å². The van der Waals surface area contributed by atoms with E-state index in [1.54, 1.807) is 6.20 Å². The van der Waals surface area contributed by atoms with Gasteiger partial charge in [-0.3, -0.25) is 0 Å². The SMILES string of the molecule is CCCCCNc1ccnc(N(CC)C2CCS(=O)(=O)C2)n1. The average Bonchev–Trinajstić information content (AvgIpc) is 2.85. The first-order valence-electron chi connectivity index (χ1n) is 8.09. The number of unbranched alkanes of at least 4 members (excludes halogenated alkanes) is 2. The number of hydrogen-bond acceptors (Lipinski definition) is 6. The second-order valence-corrected chi connectivity index (χ2v) is 7.95. The number of sulfone groups is 1. The fourth-order valence-electron chi connectivity index (χ4n) is 2.76. The summed E-state index contributed by atoms with van der Waals surface area (Å²) in [7, 11) is -2.90. The lowest BCUT2D eigenvalue weighted by molar-refractivity contribution is 0.599. The van der Waals surface area contributed by atoms with Gasteiger partial charge >= 0.3 is 0 Å². The first-order valence-corrected chi connectivity index (χ1v) is 9.92. The molecule has 1 aromatic heterocycles. The van der Waals surface area contributed by atoms with Crippen molar-refractivity contribution in [3.8, 4) is 0 Å². The zero-order valence-electron chi connectivity index (χ0n) is 13.5. The molecule has 2 rings (SSSR count). The van der Waals surface area contributed by atoms with E-state index in [0.29, 0.717) is 18.9 Å². The molecule has 22 heavy (non-hydrogen) atoms. The molecule has 1 aliphatic heterocycles. The minimum atomic E-state index is -2.90. The van der Waals surface area contributed by atoms with Crippen LogP contribution < -0.4 is 10.2 Å². The van der Waals surface area contributed by atoms with Crippen molar-refractivity contribution in [1.29, 1.82) is 0 Å². The van der Waals surface area contributed by atoms with Crippen molar-refractivity contribution in [2.75, 3.05) is 34.8 Å². The molecule has 0 saturated carbocycles. The van der Waals surface area contributed by atoms with Crippen LogP contribution in [0.1, 0.15) is 39.5 Å². The van der Waals surface area contributed by atoms with Crippen LogP contribution in [-0.4, -0.2) is 49.0 Å². The molecule has 0 spiro atoms. The highest BCUT2D eigenvalue weighted by Crippen LogP contribution is 2.22. The Morgan fingerprint density at radius 2 is 2.18 bits per heavy atom. The number of aromatic nitrogens is 2. The normalized spacial score (nSPS) is 20.0. The minimum absolute atomic E-state index is 0.00894. The van der Waals surface area contributed by atoms with Gasteiger partial charge in [0.05, 0.1) is 11.5 Å². The van der Waals surface area contributed by atoms with Crippen LogP contribution in [0.5, 0.6) is 0 Å². The van der Waals surface area contributed by atoms with Gasteiger partial charge in [0.25, 0.3) is 0 Å². The molecule has 0 aromatic carbocycles. The van der Waals surface area contributed by atoms with Crippen molar-refractivity contribution in [2.45, 2.75) is 45.6 Å². The molecule has 0 aliphatic carbocycles. The predicted molar refractivity (Wildman–Crippen MR) is 90.1 cm³/mol. The lowest BCUT2D eigenvalue weighted by Crippen LogP contribution is -2.37. The maximum absolute atomic E-state index is 11.7. The predicted octanol–water partition coefficient (Wildman–Crippen LogP) is 2.09. The van der Waals surface area contributed by atoms with Gasteiger partial charge in [0.2, 0.25) is 5.95 Å². The molecule has 1 fully saturated rings. The first kappa shape index (κ1) is 17.0. The van der Waals surface area contributed by atoms with Gasteiger partial charge in [0.15, 0.2) is 9.84 Å². The van der Waals surface area contributed by atoms with Crippen LogP contribution in [0, 0.1) is 0 Å². The summed E-state index contributed by atoms with van der Waals surface area (Å²) >= 11 is 0. The first-order chi connectivity index (χ1) is 10.6. The Labute approximate surface area is 133 Å². The summed E-state index contributed by atoms with van der Waals surface area (Å²) in [5.41, 5.74) is 0. The van der Waals surface area contributed by atoms with Crippen LogP contribution in [0.3, 0.4) is 0 Å². The van der Waals surface area contributed by atoms with E-state index in [0.717, 1.165) is 18.8 Å². The molecule has 1 unspecified atom stereocenters. The Morgan fingerprint density at radius 1 is 1.36 bits per heavy atom. The molecule has 1 saturated heterocycles. The van der Waals surface area contributed by atoms with Gasteiger partial charge in [0.1, 0.15) is 5.82 Å². The fraction of sp³-hybridized carbons (Fsp3) is 0.733. The van der Waals surface area contributed by atoms with E-state index in [1.807, 2.05) is 17.9 Å². The number of anilines is 2. The van der Waals surface area contributed by atoms with Gasteiger partial charge in [-0.05, 0) is 25.8 Å². The van der Waals surface area contributed by atoms with Crippen LogP contribution in [0.15, 0.2) is 12.3 Å². The highest BCUT2D eigenvalue weighted by Gasteiger charge is 2.32. The van der Waals surface area contributed by atoms with Gasteiger partial charge < -0.3 is 10.2 Å². The topological polar surface area (TPSA) is 75.2 Å². The standard InChI is InChI=1S/C15H26N4O2S/c1-3-5-6-9-16-14-7-10-17-15(18-14)19(4-2)13-8-11-22(20,21)12-13/h7,10,13H,3-6,8-9,11-12H2,1-2H3,(H,16,17,18). The Bertz CT molecular complexity index is 577. The van der Waals surface area contributed by atoms with E-state index < -0.39 is 9.84 Å². The summed E-state index contributed by atoms with van der Waals surface area (Å²) in [5, 5.41) is 3.31. The van der Waals surface area contributed by atoms with Gasteiger partial charge in [-0.1, -0.05) is 19.8 Å². The maximum Gasteiger partial charge on any atom is 0.227 e. The number of nitrogens with zero attached hydrogens (tertiary/aromatic N) is 3. The van der Waals surface area contributed by atoms with E-state index in [9.17, 15) is 8.42 Å². The molecule has 1 atom stereocenters. The third-order valence-electron chi connectivity index (χ3n) is 3.98. The summed E-state index contributed by atoms with van der Waals surface area (Å²) in [6, 6.07) is 1.85. The fourth-order valence-corrected chi connectivity index (χ4v) is 4.49. The van der Waals surface area contributed by atoms with Crippen molar-refractivity contribution in [3.05, 3.63) is 12.3 Å². The zero-order valence-corrected chi connectivity index (χ0v) is 14.3. The van der Waals surface area contributed by atoms with Crippen LogP contribution >= 0.6 is 0 Å². The molecule has 1 N–H and O–H groups in total. The van der Waals surface area contributed by atoms with Gasteiger partial charge in [0, 0.05) is 25.3 Å².